The lowest BCUT2D eigenvalue weighted by Crippen LogP contribution is -2.27. The summed E-state index contributed by atoms with van der Waals surface area (Å²) < 4.78 is 3.58. The molecular weight excluding hydrogens is 240 g/mol. The molecule has 19 heavy (non-hydrogen) atoms. The summed E-state index contributed by atoms with van der Waals surface area (Å²) in [6.45, 7) is 0. The van der Waals surface area contributed by atoms with Crippen LogP contribution in [0.25, 0.3) is 27.8 Å². The van der Waals surface area contributed by atoms with Crippen LogP contribution >= 0.6 is 0 Å². The van der Waals surface area contributed by atoms with Crippen molar-refractivity contribution < 1.29 is 9.67 Å². The van der Waals surface area contributed by atoms with Crippen molar-refractivity contribution in [3.8, 4) is 5.75 Å². The Balaban J connectivity index is 2.29. The van der Waals surface area contributed by atoms with E-state index in [9.17, 15) is 5.11 Å². The number of hydrogen-bond donors (Lipinski definition) is 0. The summed E-state index contributed by atoms with van der Waals surface area (Å²) in [5.74, 6) is -0.0513. The molecule has 3 aromatic heterocycles. The van der Waals surface area contributed by atoms with Gasteiger partial charge in [-0.15, -0.1) is 0 Å². The van der Waals surface area contributed by atoms with Crippen molar-refractivity contribution >= 4 is 27.8 Å². The summed E-state index contributed by atoms with van der Waals surface area (Å²) >= 11 is 0. The number of hydrogen-bond acceptors (Lipinski definition) is 3. The van der Waals surface area contributed by atoms with Gasteiger partial charge in [0.2, 0.25) is 0 Å². The van der Waals surface area contributed by atoms with E-state index < -0.39 is 0 Å². The highest BCUT2D eigenvalue weighted by Gasteiger charge is 2.14. The summed E-state index contributed by atoms with van der Waals surface area (Å²) in [5, 5.41) is 12.1. The molecule has 0 aliphatic carbocycles. The van der Waals surface area contributed by atoms with Gasteiger partial charge in [-0.2, -0.15) is 4.40 Å². The molecule has 0 saturated heterocycles. The van der Waals surface area contributed by atoms with Gasteiger partial charge in [-0.25, -0.2) is 14.5 Å². The maximum Gasteiger partial charge on any atom is 0.279 e. The quantitative estimate of drug-likeness (QED) is 0.344. The van der Waals surface area contributed by atoms with Crippen LogP contribution in [0.2, 0.25) is 0 Å². The van der Waals surface area contributed by atoms with Gasteiger partial charge in [0.1, 0.15) is 17.9 Å². The summed E-state index contributed by atoms with van der Waals surface area (Å²) in [7, 11) is 1.84. The first-order valence-electron chi connectivity index (χ1n) is 5.97. The van der Waals surface area contributed by atoms with Crippen molar-refractivity contribution in [1.82, 2.24) is 14.4 Å². The zero-order valence-corrected chi connectivity index (χ0v) is 10.2. The maximum absolute atomic E-state index is 12.1. The second kappa shape index (κ2) is 3.41. The molecule has 0 spiro atoms. The van der Waals surface area contributed by atoms with Crippen LogP contribution < -0.4 is 9.67 Å². The van der Waals surface area contributed by atoms with Crippen molar-refractivity contribution in [2.45, 2.75) is 0 Å². The normalized spacial score (nSPS) is 11.6. The van der Waals surface area contributed by atoms with E-state index in [1.807, 2.05) is 43.7 Å². The fraction of sp³-hybridized carbons (Fsp3) is 0.0714. The van der Waals surface area contributed by atoms with Crippen LogP contribution in [0.15, 0.2) is 42.7 Å². The molecule has 0 fully saturated rings. The number of nitrogens with zero attached hydrogens (tertiary/aromatic N) is 4. The van der Waals surface area contributed by atoms with Crippen LogP contribution in [0.1, 0.15) is 0 Å². The average Bonchev–Trinajstić information content (AvgIpc) is 2.80. The molecule has 0 atom stereocenters. The summed E-state index contributed by atoms with van der Waals surface area (Å²) in [4.78, 5) is 9.11. The Kier molecular flexibility index (Phi) is 1.84. The molecule has 0 radical (unpaired) electrons. The highest BCUT2D eigenvalue weighted by atomic mass is 16.3. The van der Waals surface area contributed by atoms with E-state index in [1.165, 1.54) is 0 Å². The van der Waals surface area contributed by atoms with Crippen LogP contribution in [0.3, 0.4) is 0 Å². The van der Waals surface area contributed by atoms with Crippen molar-refractivity contribution in [3.63, 3.8) is 0 Å². The Morgan fingerprint density at radius 1 is 1.11 bits per heavy atom. The summed E-state index contributed by atoms with van der Waals surface area (Å²) in [6, 6.07) is 9.20. The fourth-order valence-corrected chi connectivity index (χ4v) is 2.41. The molecular formula is C14H10N4O. The number of pyridine rings is 1. The standard InChI is InChI=1S/C14H10N4O/c1-17-6-7-18-13-11(8-12(19)14(17)18)15-9-4-2-3-5-10(9)16-13/h2-8H,1H3. The lowest BCUT2D eigenvalue weighted by Gasteiger charge is -2.06. The monoisotopic (exact) mass is 250 g/mol. The number of benzene rings is 1. The summed E-state index contributed by atoms with van der Waals surface area (Å²) in [6.07, 6.45) is 3.68. The molecule has 0 amide bonds. The number of para-hydroxylation sites is 2. The van der Waals surface area contributed by atoms with Gasteiger partial charge in [-0.05, 0) is 23.9 Å². The Morgan fingerprint density at radius 2 is 1.84 bits per heavy atom. The molecule has 5 nitrogen and oxygen atoms in total. The first kappa shape index (κ1) is 10.3. The van der Waals surface area contributed by atoms with E-state index in [1.54, 1.807) is 15.0 Å². The van der Waals surface area contributed by atoms with Gasteiger partial charge in [0.05, 0.1) is 18.1 Å². The van der Waals surface area contributed by atoms with Crippen molar-refractivity contribution in [3.05, 3.63) is 42.7 Å². The summed E-state index contributed by atoms with van der Waals surface area (Å²) in [5.41, 5.74) is 3.54. The third kappa shape index (κ3) is 1.32. The van der Waals surface area contributed by atoms with Crippen LogP contribution in [-0.4, -0.2) is 14.4 Å². The zero-order chi connectivity index (χ0) is 13.0. The van der Waals surface area contributed by atoms with Crippen molar-refractivity contribution in [2.24, 2.45) is 7.05 Å². The second-order valence-corrected chi connectivity index (χ2v) is 4.53. The first-order chi connectivity index (χ1) is 9.24. The van der Waals surface area contributed by atoms with Gasteiger partial charge in [0.25, 0.3) is 11.3 Å². The molecule has 0 N–H and O–H groups in total. The van der Waals surface area contributed by atoms with Gasteiger partial charge in [0.15, 0.2) is 0 Å². The van der Waals surface area contributed by atoms with E-state index in [0.29, 0.717) is 16.8 Å². The third-order valence-electron chi connectivity index (χ3n) is 3.30. The number of rotatable bonds is 0. The highest BCUT2D eigenvalue weighted by Crippen LogP contribution is 2.21. The van der Waals surface area contributed by atoms with Gasteiger partial charge >= 0.3 is 0 Å². The van der Waals surface area contributed by atoms with Crippen LogP contribution in [-0.2, 0) is 7.05 Å². The number of imidazole rings is 1. The topological polar surface area (TPSA) is 57.1 Å². The SMILES string of the molecule is C[n+]1ccn2c3nc4ccccc4nc3cc([O-])c21. The molecule has 4 aromatic rings. The molecule has 3 heterocycles. The smallest absolute Gasteiger partial charge is 0.279 e. The molecule has 1 aromatic carbocycles. The highest BCUT2D eigenvalue weighted by molar-refractivity contribution is 5.86. The minimum absolute atomic E-state index is 0.0513. The Morgan fingerprint density at radius 3 is 2.63 bits per heavy atom. The van der Waals surface area contributed by atoms with E-state index in [2.05, 4.69) is 9.97 Å². The fourth-order valence-electron chi connectivity index (χ4n) is 2.41. The van der Waals surface area contributed by atoms with E-state index in [-0.39, 0.29) is 5.75 Å². The van der Waals surface area contributed by atoms with E-state index in [4.69, 9.17) is 0 Å². The molecule has 0 unspecified atom stereocenters. The Bertz CT molecular complexity index is 942. The third-order valence-corrected chi connectivity index (χ3v) is 3.30. The Labute approximate surface area is 108 Å². The van der Waals surface area contributed by atoms with Gasteiger partial charge in [0, 0.05) is 0 Å². The molecule has 0 aliphatic rings. The van der Waals surface area contributed by atoms with E-state index in [0.717, 1.165) is 11.0 Å². The lowest BCUT2D eigenvalue weighted by atomic mass is 10.3. The lowest BCUT2D eigenvalue weighted by molar-refractivity contribution is -0.646. The second-order valence-electron chi connectivity index (χ2n) is 4.53. The molecule has 4 rings (SSSR count). The van der Waals surface area contributed by atoms with Crippen molar-refractivity contribution in [1.29, 1.82) is 0 Å². The molecule has 92 valence electrons. The number of fused-ring (bicyclic) bond motifs is 4. The van der Waals surface area contributed by atoms with Gasteiger partial charge in [-0.1, -0.05) is 12.1 Å². The van der Waals surface area contributed by atoms with Crippen LogP contribution in [0.5, 0.6) is 5.75 Å². The predicted molar refractivity (Wildman–Crippen MR) is 68.6 cm³/mol. The Hall–Kier alpha value is -2.69. The molecule has 0 aliphatic heterocycles. The largest absolute Gasteiger partial charge is 0.867 e. The van der Waals surface area contributed by atoms with Gasteiger partial charge < -0.3 is 5.11 Å². The molecule has 0 saturated carbocycles. The van der Waals surface area contributed by atoms with Crippen molar-refractivity contribution in [2.75, 3.05) is 0 Å². The molecule has 5 heteroatoms. The zero-order valence-electron chi connectivity index (χ0n) is 10.2. The van der Waals surface area contributed by atoms with Gasteiger partial charge in [-0.3, -0.25) is 0 Å². The number of aromatic nitrogens is 4. The van der Waals surface area contributed by atoms with Crippen LogP contribution in [0, 0.1) is 0 Å². The minimum Gasteiger partial charge on any atom is -0.867 e. The number of aryl methyl sites for hydroxylation is 1. The molecule has 0 bridgehead atoms. The maximum atomic E-state index is 12.1. The van der Waals surface area contributed by atoms with E-state index >= 15 is 0 Å². The first-order valence-corrected chi connectivity index (χ1v) is 5.97. The minimum atomic E-state index is -0.0513. The predicted octanol–water partition coefficient (Wildman–Crippen LogP) is 0.934. The average molecular weight is 250 g/mol. The van der Waals surface area contributed by atoms with Crippen LogP contribution in [0.4, 0.5) is 0 Å².